The van der Waals surface area contributed by atoms with Crippen molar-refractivity contribution in [2.75, 3.05) is 7.11 Å². The predicted molar refractivity (Wildman–Crippen MR) is 137 cm³/mol. The molecule has 0 saturated heterocycles. The minimum absolute atomic E-state index is 0.288. The first-order chi connectivity index (χ1) is 14.9. The molecule has 0 spiro atoms. The largest absolute Gasteiger partial charge is 0.493 e. The van der Waals surface area contributed by atoms with E-state index in [4.69, 9.17) is 55.9 Å². The Morgan fingerprint density at radius 1 is 1.00 bits per heavy atom. The third-order valence-corrected chi connectivity index (χ3v) is 6.36. The summed E-state index contributed by atoms with van der Waals surface area (Å²) in [6, 6.07) is 14.5. The second kappa shape index (κ2) is 11.5. The molecule has 0 aliphatic rings. The van der Waals surface area contributed by atoms with Gasteiger partial charge in [0.15, 0.2) is 11.5 Å². The molecule has 0 aliphatic carbocycles. The average molecular weight is 610 g/mol. The van der Waals surface area contributed by atoms with Gasteiger partial charge in [-0.1, -0.05) is 58.5 Å². The van der Waals surface area contributed by atoms with Crippen LogP contribution in [0.1, 0.15) is 16.7 Å². The van der Waals surface area contributed by atoms with Crippen LogP contribution in [0, 0.1) is 3.57 Å². The molecule has 162 valence electrons. The van der Waals surface area contributed by atoms with E-state index in [0.29, 0.717) is 38.1 Å². The first-order valence-corrected chi connectivity index (χ1v) is 11.6. The molecular weight excluding hydrogens is 593 g/mol. The van der Waals surface area contributed by atoms with E-state index in [-0.39, 0.29) is 6.61 Å². The summed E-state index contributed by atoms with van der Waals surface area (Å²) in [7, 11) is 1.59. The first kappa shape index (κ1) is 24.3. The topological polar surface area (TPSA) is 42.8 Å². The van der Waals surface area contributed by atoms with Crippen LogP contribution in [-0.2, 0) is 13.2 Å². The molecule has 0 heterocycles. The molecular formula is C22H17Cl4IN2O2. The number of halogens is 5. The van der Waals surface area contributed by atoms with Crippen LogP contribution >= 0.6 is 69.0 Å². The highest BCUT2D eigenvalue weighted by molar-refractivity contribution is 14.1. The summed E-state index contributed by atoms with van der Waals surface area (Å²) in [5.74, 6) is 1.22. The number of hydrogen-bond acceptors (Lipinski definition) is 4. The van der Waals surface area contributed by atoms with Crippen LogP contribution < -0.4 is 14.9 Å². The average Bonchev–Trinajstić information content (AvgIpc) is 2.73. The maximum absolute atomic E-state index is 6.23. The predicted octanol–water partition coefficient (Wildman–Crippen LogP) is 7.62. The Morgan fingerprint density at radius 3 is 2.42 bits per heavy atom. The van der Waals surface area contributed by atoms with E-state index in [1.807, 2.05) is 18.2 Å². The first-order valence-electron chi connectivity index (χ1n) is 9.02. The lowest BCUT2D eigenvalue weighted by Crippen LogP contribution is -2.07. The number of benzene rings is 3. The minimum Gasteiger partial charge on any atom is -0.493 e. The normalized spacial score (nSPS) is 11.0. The summed E-state index contributed by atoms with van der Waals surface area (Å²) in [5.41, 5.74) is 5.43. The van der Waals surface area contributed by atoms with Crippen molar-refractivity contribution in [2.45, 2.75) is 13.2 Å². The van der Waals surface area contributed by atoms with Gasteiger partial charge in [-0.2, -0.15) is 5.10 Å². The highest BCUT2D eigenvalue weighted by Gasteiger charge is 2.13. The molecule has 0 unspecified atom stereocenters. The SMILES string of the molecule is COc1cc(/C=N/NCc2c(Cl)cccc2Cl)cc(I)c1OCc1ccc(Cl)cc1Cl. The van der Waals surface area contributed by atoms with E-state index >= 15 is 0 Å². The Morgan fingerprint density at radius 2 is 1.74 bits per heavy atom. The molecule has 0 atom stereocenters. The molecule has 9 heteroatoms. The van der Waals surface area contributed by atoms with E-state index in [2.05, 4.69) is 33.1 Å². The van der Waals surface area contributed by atoms with Gasteiger partial charge in [-0.25, -0.2) is 0 Å². The molecule has 0 radical (unpaired) electrons. The summed E-state index contributed by atoms with van der Waals surface area (Å²) in [4.78, 5) is 0. The summed E-state index contributed by atoms with van der Waals surface area (Å²) in [5, 5.41) is 6.57. The van der Waals surface area contributed by atoms with E-state index in [1.165, 1.54) is 0 Å². The lowest BCUT2D eigenvalue weighted by molar-refractivity contribution is 0.282. The second-order valence-corrected chi connectivity index (χ2v) is 9.17. The minimum atomic E-state index is 0.288. The van der Waals surface area contributed by atoms with E-state index in [1.54, 1.807) is 43.7 Å². The molecule has 1 N–H and O–H groups in total. The fraction of sp³-hybridized carbons (Fsp3) is 0.136. The third kappa shape index (κ3) is 6.56. The lowest BCUT2D eigenvalue weighted by atomic mass is 10.2. The van der Waals surface area contributed by atoms with Gasteiger partial charge in [-0.05, 0) is 64.6 Å². The van der Waals surface area contributed by atoms with Gasteiger partial charge in [0.2, 0.25) is 0 Å². The quantitative estimate of drug-likeness (QED) is 0.162. The number of hydrogen-bond donors (Lipinski definition) is 1. The van der Waals surface area contributed by atoms with Crippen molar-refractivity contribution in [1.82, 2.24) is 5.43 Å². The summed E-state index contributed by atoms with van der Waals surface area (Å²) < 4.78 is 12.4. The zero-order chi connectivity index (χ0) is 22.4. The summed E-state index contributed by atoms with van der Waals surface area (Å²) >= 11 is 26.7. The highest BCUT2D eigenvalue weighted by Crippen LogP contribution is 2.35. The van der Waals surface area contributed by atoms with Crippen molar-refractivity contribution >= 4 is 75.2 Å². The van der Waals surface area contributed by atoms with Crippen molar-refractivity contribution in [1.29, 1.82) is 0 Å². The van der Waals surface area contributed by atoms with E-state index < -0.39 is 0 Å². The Kier molecular flexibility index (Phi) is 8.98. The summed E-state index contributed by atoms with van der Waals surface area (Å²) in [6.45, 7) is 0.697. The molecule has 3 aromatic carbocycles. The monoisotopic (exact) mass is 608 g/mol. The molecule has 0 aliphatic heterocycles. The van der Waals surface area contributed by atoms with Gasteiger partial charge in [0.1, 0.15) is 6.61 Å². The Bertz CT molecular complexity index is 1090. The molecule has 0 aromatic heterocycles. The van der Waals surface area contributed by atoms with Gasteiger partial charge in [-0.15, -0.1) is 0 Å². The third-order valence-electron chi connectivity index (χ3n) is 4.26. The summed E-state index contributed by atoms with van der Waals surface area (Å²) in [6.07, 6.45) is 1.69. The van der Waals surface area contributed by atoms with Gasteiger partial charge in [0, 0.05) is 31.2 Å². The fourth-order valence-corrected chi connectivity index (χ4v) is 4.46. The van der Waals surface area contributed by atoms with Crippen molar-refractivity contribution < 1.29 is 9.47 Å². The van der Waals surface area contributed by atoms with Crippen molar-refractivity contribution in [3.8, 4) is 11.5 Å². The van der Waals surface area contributed by atoms with Crippen LogP contribution in [-0.4, -0.2) is 13.3 Å². The number of nitrogens with zero attached hydrogens (tertiary/aromatic N) is 1. The van der Waals surface area contributed by atoms with Crippen LogP contribution in [0.3, 0.4) is 0 Å². The molecule has 0 saturated carbocycles. The fourth-order valence-electron chi connectivity index (χ4n) is 2.69. The lowest BCUT2D eigenvalue weighted by Gasteiger charge is -2.14. The molecule has 3 rings (SSSR count). The number of ether oxygens (including phenoxy) is 2. The van der Waals surface area contributed by atoms with Crippen molar-refractivity contribution in [2.24, 2.45) is 5.10 Å². The van der Waals surface area contributed by atoms with Crippen LogP contribution in [0.25, 0.3) is 0 Å². The van der Waals surface area contributed by atoms with Gasteiger partial charge < -0.3 is 14.9 Å². The molecule has 3 aromatic rings. The smallest absolute Gasteiger partial charge is 0.174 e. The second-order valence-electron chi connectivity index (χ2n) is 6.35. The number of methoxy groups -OCH3 is 1. The van der Waals surface area contributed by atoms with E-state index in [0.717, 1.165) is 20.3 Å². The van der Waals surface area contributed by atoms with Crippen molar-refractivity contribution in [3.63, 3.8) is 0 Å². The van der Waals surface area contributed by atoms with Gasteiger partial charge in [0.05, 0.1) is 23.4 Å². The van der Waals surface area contributed by atoms with Gasteiger partial charge >= 0.3 is 0 Å². The molecule has 4 nitrogen and oxygen atoms in total. The molecule has 0 amide bonds. The van der Waals surface area contributed by atoms with E-state index in [9.17, 15) is 0 Å². The Labute approximate surface area is 214 Å². The van der Waals surface area contributed by atoms with Gasteiger partial charge in [-0.3, -0.25) is 0 Å². The Balaban J connectivity index is 1.69. The van der Waals surface area contributed by atoms with Crippen molar-refractivity contribution in [3.05, 3.63) is 88.9 Å². The number of rotatable bonds is 8. The maximum atomic E-state index is 6.23. The van der Waals surface area contributed by atoms with Crippen LogP contribution in [0.5, 0.6) is 11.5 Å². The molecule has 0 fully saturated rings. The molecule has 0 bridgehead atoms. The maximum Gasteiger partial charge on any atom is 0.174 e. The molecule has 31 heavy (non-hydrogen) atoms. The van der Waals surface area contributed by atoms with Crippen LogP contribution in [0.4, 0.5) is 0 Å². The van der Waals surface area contributed by atoms with Crippen LogP contribution in [0.15, 0.2) is 53.6 Å². The zero-order valence-electron chi connectivity index (χ0n) is 16.3. The van der Waals surface area contributed by atoms with Gasteiger partial charge in [0.25, 0.3) is 0 Å². The Hall–Kier alpha value is -1.38. The zero-order valence-corrected chi connectivity index (χ0v) is 21.4. The number of nitrogens with one attached hydrogen (secondary N) is 1. The number of hydrazone groups is 1. The van der Waals surface area contributed by atoms with Crippen LogP contribution in [0.2, 0.25) is 20.1 Å². The standard InChI is InChI=1S/C22H17Cl4IN2O2/c1-30-21-8-13(10-28-29-11-16-17(24)3-2-4-18(16)25)7-20(27)22(21)31-12-14-5-6-15(23)9-19(14)26/h2-10,29H,11-12H2,1H3/b28-10+. The highest BCUT2D eigenvalue weighted by atomic mass is 127.